The van der Waals surface area contributed by atoms with Gasteiger partial charge in [0.15, 0.2) is 5.78 Å². The Bertz CT molecular complexity index is 281. The van der Waals surface area contributed by atoms with Crippen LogP contribution in [0.5, 0.6) is 0 Å². The van der Waals surface area contributed by atoms with Crippen LogP contribution in [0.2, 0.25) is 0 Å². The van der Waals surface area contributed by atoms with Crippen molar-refractivity contribution >= 4 is 11.8 Å². The second-order valence-corrected chi connectivity index (χ2v) is 3.93. The molecule has 0 radical (unpaired) electrons. The summed E-state index contributed by atoms with van der Waals surface area (Å²) >= 11 is 0. The summed E-state index contributed by atoms with van der Waals surface area (Å²) in [5.74, 6) is -0.333. The van der Waals surface area contributed by atoms with Gasteiger partial charge in [-0.25, -0.2) is 0 Å². The lowest BCUT2D eigenvalue weighted by molar-refractivity contribution is -0.156. The van der Waals surface area contributed by atoms with Gasteiger partial charge in [0, 0.05) is 6.42 Å². The second-order valence-electron chi connectivity index (χ2n) is 3.93. The molecule has 1 fully saturated rings. The first-order chi connectivity index (χ1) is 7.17. The van der Waals surface area contributed by atoms with Crippen molar-refractivity contribution < 1.29 is 14.3 Å². The zero-order valence-corrected chi connectivity index (χ0v) is 9.41. The van der Waals surface area contributed by atoms with Crippen LogP contribution in [0.3, 0.4) is 0 Å². The molecule has 1 unspecified atom stereocenters. The third-order valence-corrected chi connectivity index (χ3v) is 2.99. The van der Waals surface area contributed by atoms with Crippen LogP contribution in [0.15, 0.2) is 12.2 Å². The lowest BCUT2D eigenvalue weighted by Gasteiger charge is -2.22. The van der Waals surface area contributed by atoms with E-state index >= 15 is 0 Å². The van der Waals surface area contributed by atoms with Gasteiger partial charge in [-0.2, -0.15) is 0 Å². The number of carbonyl (C=O) groups is 2. The van der Waals surface area contributed by atoms with Crippen molar-refractivity contribution in [1.29, 1.82) is 0 Å². The maximum Gasteiger partial charge on any atom is 0.319 e. The monoisotopic (exact) mass is 210 g/mol. The molecule has 0 amide bonds. The Morgan fingerprint density at radius 1 is 1.53 bits per heavy atom. The molecule has 0 aromatic heterocycles. The van der Waals surface area contributed by atoms with E-state index in [0.29, 0.717) is 19.3 Å². The van der Waals surface area contributed by atoms with Crippen LogP contribution in [0, 0.1) is 5.41 Å². The largest absolute Gasteiger partial charge is 0.468 e. The van der Waals surface area contributed by atoms with Crippen LogP contribution in [0.25, 0.3) is 0 Å². The van der Waals surface area contributed by atoms with Gasteiger partial charge in [-0.3, -0.25) is 9.59 Å². The number of allylic oxidation sites excluding steroid dienone is 2. The summed E-state index contributed by atoms with van der Waals surface area (Å²) < 4.78 is 4.74. The van der Waals surface area contributed by atoms with Gasteiger partial charge in [-0.1, -0.05) is 19.1 Å². The number of hydrogen-bond acceptors (Lipinski definition) is 3. The predicted molar refractivity (Wildman–Crippen MR) is 57.4 cm³/mol. The zero-order valence-electron chi connectivity index (χ0n) is 9.41. The van der Waals surface area contributed by atoms with Crippen molar-refractivity contribution in [3.63, 3.8) is 0 Å². The fourth-order valence-corrected chi connectivity index (χ4v) is 2.09. The number of esters is 1. The highest BCUT2D eigenvalue weighted by Crippen LogP contribution is 2.39. The predicted octanol–water partition coefficient (Wildman–Crippen LogP) is 2.26. The molecule has 1 aliphatic rings. The lowest BCUT2D eigenvalue weighted by atomic mass is 9.81. The molecule has 0 aromatic rings. The third kappa shape index (κ3) is 2.28. The van der Waals surface area contributed by atoms with Gasteiger partial charge < -0.3 is 4.74 Å². The highest BCUT2D eigenvalue weighted by molar-refractivity contribution is 6.05. The second kappa shape index (κ2) is 5.10. The van der Waals surface area contributed by atoms with Crippen molar-refractivity contribution in [2.24, 2.45) is 5.41 Å². The smallest absolute Gasteiger partial charge is 0.319 e. The van der Waals surface area contributed by atoms with E-state index in [4.69, 9.17) is 4.74 Å². The van der Waals surface area contributed by atoms with Crippen molar-refractivity contribution in [1.82, 2.24) is 0 Å². The topological polar surface area (TPSA) is 43.4 Å². The van der Waals surface area contributed by atoms with E-state index < -0.39 is 5.41 Å². The number of hydrogen-bond donors (Lipinski definition) is 0. The van der Waals surface area contributed by atoms with Gasteiger partial charge in [-0.15, -0.1) is 0 Å². The van der Waals surface area contributed by atoms with Gasteiger partial charge in [-0.05, 0) is 25.7 Å². The minimum absolute atomic E-state index is 0.0371. The quantitative estimate of drug-likeness (QED) is 0.406. The third-order valence-electron chi connectivity index (χ3n) is 2.99. The summed E-state index contributed by atoms with van der Waals surface area (Å²) in [6, 6.07) is 0. The highest BCUT2D eigenvalue weighted by atomic mass is 16.5. The molecule has 1 rings (SSSR count). The molecule has 0 aliphatic heterocycles. The van der Waals surface area contributed by atoms with Crippen LogP contribution < -0.4 is 0 Å². The van der Waals surface area contributed by atoms with Crippen LogP contribution in [-0.4, -0.2) is 18.9 Å². The average Bonchev–Trinajstić information content (AvgIpc) is 2.61. The molecular formula is C12H18O3. The fourth-order valence-electron chi connectivity index (χ4n) is 2.09. The van der Waals surface area contributed by atoms with Gasteiger partial charge in [0.25, 0.3) is 0 Å². The Balaban J connectivity index is 2.81. The Kier molecular flexibility index (Phi) is 4.06. The number of Topliss-reactive ketones (excluding diaryl/α,β-unsaturated/α-hetero) is 1. The van der Waals surface area contributed by atoms with E-state index in [9.17, 15) is 9.59 Å². The molecule has 0 saturated heterocycles. The van der Waals surface area contributed by atoms with Gasteiger partial charge >= 0.3 is 5.97 Å². The van der Waals surface area contributed by atoms with Gasteiger partial charge in [0.05, 0.1) is 7.11 Å². The number of rotatable bonds is 4. The summed E-state index contributed by atoms with van der Waals surface area (Å²) in [7, 11) is 1.35. The van der Waals surface area contributed by atoms with E-state index in [1.54, 1.807) is 0 Å². The maximum absolute atomic E-state index is 11.8. The molecule has 0 bridgehead atoms. The van der Waals surface area contributed by atoms with Crippen molar-refractivity contribution in [3.8, 4) is 0 Å². The van der Waals surface area contributed by atoms with E-state index in [0.717, 1.165) is 12.8 Å². The molecule has 1 aliphatic carbocycles. The first kappa shape index (κ1) is 12.0. The Morgan fingerprint density at radius 3 is 2.73 bits per heavy atom. The minimum Gasteiger partial charge on any atom is -0.468 e. The molecule has 84 valence electrons. The van der Waals surface area contributed by atoms with E-state index in [2.05, 4.69) is 0 Å². The normalized spacial score (nSPS) is 26.1. The Hall–Kier alpha value is -1.12. The molecule has 0 N–H and O–H groups in total. The Morgan fingerprint density at radius 2 is 2.27 bits per heavy atom. The number of ketones is 1. The van der Waals surface area contributed by atoms with Gasteiger partial charge in [0.2, 0.25) is 0 Å². The fraction of sp³-hybridized carbons (Fsp3) is 0.667. The molecule has 1 saturated carbocycles. The molecule has 0 heterocycles. The molecule has 1 atom stereocenters. The molecule has 3 heteroatoms. The standard InChI is InChI=1S/C12H18O3/c1-3-4-5-8-12(11(14)15-2)9-6-7-10(12)13/h4-5H,3,6-9H2,1-2H3. The van der Waals surface area contributed by atoms with Crippen LogP contribution in [0.4, 0.5) is 0 Å². The summed E-state index contributed by atoms with van der Waals surface area (Å²) in [4.78, 5) is 23.4. The maximum atomic E-state index is 11.8. The van der Waals surface area contributed by atoms with Crippen molar-refractivity contribution in [2.75, 3.05) is 7.11 Å². The molecular weight excluding hydrogens is 192 g/mol. The van der Waals surface area contributed by atoms with Crippen LogP contribution in [0.1, 0.15) is 39.0 Å². The SMILES string of the molecule is CCC=CCC1(C(=O)OC)CCCC1=O. The number of carbonyl (C=O) groups excluding carboxylic acids is 2. The van der Waals surface area contributed by atoms with E-state index in [1.807, 2.05) is 19.1 Å². The number of ether oxygens (including phenoxy) is 1. The molecule has 0 aromatic carbocycles. The minimum atomic E-state index is -0.875. The van der Waals surface area contributed by atoms with Crippen LogP contribution in [-0.2, 0) is 14.3 Å². The zero-order chi connectivity index (χ0) is 11.3. The van der Waals surface area contributed by atoms with Crippen LogP contribution >= 0.6 is 0 Å². The first-order valence-corrected chi connectivity index (χ1v) is 5.44. The summed E-state index contributed by atoms with van der Waals surface area (Å²) in [5.41, 5.74) is -0.875. The molecule has 3 nitrogen and oxygen atoms in total. The lowest BCUT2D eigenvalue weighted by Crippen LogP contribution is -2.35. The summed E-state index contributed by atoms with van der Waals surface area (Å²) in [5, 5.41) is 0. The number of methoxy groups -OCH3 is 1. The van der Waals surface area contributed by atoms with E-state index in [-0.39, 0.29) is 11.8 Å². The first-order valence-electron chi connectivity index (χ1n) is 5.44. The van der Waals surface area contributed by atoms with Gasteiger partial charge in [0.1, 0.15) is 5.41 Å². The summed E-state index contributed by atoms with van der Waals surface area (Å²) in [6.07, 6.45) is 7.25. The van der Waals surface area contributed by atoms with E-state index in [1.165, 1.54) is 7.11 Å². The van der Waals surface area contributed by atoms with Crippen molar-refractivity contribution in [3.05, 3.63) is 12.2 Å². The van der Waals surface area contributed by atoms with Crippen molar-refractivity contribution in [2.45, 2.75) is 39.0 Å². The Labute approximate surface area is 90.5 Å². The highest BCUT2D eigenvalue weighted by Gasteiger charge is 2.48. The molecule has 0 spiro atoms. The molecule has 15 heavy (non-hydrogen) atoms. The summed E-state index contributed by atoms with van der Waals surface area (Å²) in [6.45, 7) is 2.03. The average molecular weight is 210 g/mol.